The topological polar surface area (TPSA) is 85.3 Å². The molecule has 1 aliphatic carbocycles. The standard InChI is InChI=1S/C38H37N5O/c1-2-11-36-41-37(33-19-10-15-29-14-6-7-16-31(29)33)35(26-44)43(36)25-28-20-22-30(23-21-28)32-17-8-9-18-34(32)38(39)42-40-24-27-12-4-3-5-13-27/h3-5,7-10,12-13,15-23,26,40H,2,6,11,14,24-25H2,1H3,(H2,39,42). The number of aryl methyl sites for hydroxylation is 2. The van der Waals surface area contributed by atoms with Gasteiger partial charge in [0.1, 0.15) is 11.5 Å². The number of hydrazone groups is 1. The quantitative estimate of drug-likeness (QED) is 0.0739. The average Bonchev–Trinajstić information content (AvgIpc) is 3.41. The summed E-state index contributed by atoms with van der Waals surface area (Å²) in [5.41, 5.74) is 19.6. The number of rotatable bonds is 11. The molecule has 0 bridgehead atoms. The van der Waals surface area contributed by atoms with Crippen molar-refractivity contribution < 1.29 is 4.79 Å². The number of benzene rings is 4. The first-order chi connectivity index (χ1) is 21.7. The van der Waals surface area contributed by atoms with Gasteiger partial charge in [-0.1, -0.05) is 116 Å². The Morgan fingerprint density at radius 3 is 2.50 bits per heavy atom. The van der Waals surface area contributed by atoms with Crippen LogP contribution in [0.4, 0.5) is 0 Å². The second-order valence-corrected chi connectivity index (χ2v) is 11.1. The largest absolute Gasteiger partial charge is 0.382 e. The molecule has 0 saturated heterocycles. The maximum absolute atomic E-state index is 12.6. The third kappa shape index (κ3) is 6.11. The van der Waals surface area contributed by atoms with E-state index in [0.717, 1.165) is 76.9 Å². The molecule has 3 N–H and O–H groups in total. The highest BCUT2D eigenvalue weighted by Crippen LogP contribution is 2.33. The first kappa shape index (κ1) is 28.9. The van der Waals surface area contributed by atoms with E-state index < -0.39 is 0 Å². The van der Waals surface area contributed by atoms with Gasteiger partial charge in [0.25, 0.3) is 0 Å². The molecule has 6 rings (SSSR count). The molecule has 4 aromatic carbocycles. The predicted molar refractivity (Wildman–Crippen MR) is 179 cm³/mol. The molecule has 6 heteroatoms. The van der Waals surface area contributed by atoms with Crippen LogP contribution in [0.5, 0.6) is 0 Å². The summed E-state index contributed by atoms with van der Waals surface area (Å²) in [6, 6.07) is 32.9. The normalized spacial score (nSPS) is 12.6. The number of carbonyl (C=O) groups is 1. The summed E-state index contributed by atoms with van der Waals surface area (Å²) in [6.45, 7) is 3.31. The minimum absolute atomic E-state index is 0.435. The molecule has 0 saturated carbocycles. The van der Waals surface area contributed by atoms with Gasteiger partial charge in [0, 0.05) is 24.1 Å². The van der Waals surface area contributed by atoms with Crippen LogP contribution in [0.15, 0.2) is 108 Å². The smallest absolute Gasteiger partial charge is 0.168 e. The van der Waals surface area contributed by atoms with Gasteiger partial charge in [0.05, 0.1) is 12.2 Å². The Morgan fingerprint density at radius 1 is 0.932 bits per heavy atom. The zero-order valence-corrected chi connectivity index (χ0v) is 25.0. The fourth-order valence-corrected chi connectivity index (χ4v) is 5.90. The molecule has 0 radical (unpaired) electrons. The molecule has 220 valence electrons. The maximum atomic E-state index is 12.6. The van der Waals surface area contributed by atoms with Crippen LogP contribution in [0.2, 0.25) is 0 Å². The summed E-state index contributed by atoms with van der Waals surface area (Å²) in [5.74, 6) is 1.37. The van der Waals surface area contributed by atoms with Crippen molar-refractivity contribution in [1.29, 1.82) is 0 Å². The van der Waals surface area contributed by atoms with Crippen molar-refractivity contribution in [1.82, 2.24) is 15.0 Å². The Balaban J connectivity index is 1.27. The van der Waals surface area contributed by atoms with Crippen LogP contribution in [-0.4, -0.2) is 21.7 Å². The van der Waals surface area contributed by atoms with Gasteiger partial charge in [0.15, 0.2) is 12.1 Å². The van der Waals surface area contributed by atoms with E-state index in [0.29, 0.717) is 24.6 Å². The number of nitrogens with one attached hydrogen (secondary N) is 1. The lowest BCUT2D eigenvalue weighted by molar-refractivity contribution is 0.111. The molecule has 1 heterocycles. The van der Waals surface area contributed by atoms with Gasteiger partial charge in [-0.05, 0) is 52.6 Å². The van der Waals surface area contributed by atoms with Crippen molar-refractivity contribution in [2.45, 2.75) is 45.7 Å². The molecule has 0 amide bonds. The lowest BCUT2D eigenvalue weighted by atomic mass is 9.91. The Labute approximate surface area is 259 Å². The molecule has 0 spiro atoms. The summed E-state index contributed by atoms with van der Waals surface area (Å²) in [7, 11) is 0. The number of nitrogens with two attached hydrogens (primary N) is 1. The molecule has 6 nitrogen and oxygen atoms in total. The molecular weight excluding hydrogens is 542 g/mol. The summed E-state index contributed by atoms with van der Waals surface area (Å²) in [6.07, 6.45) is 9.14. The van der Waals surface area contributed by atoms with Crippen LogP contribution in [0, 0.1) is 0 Å². The summed E-state index contributed by atoms with van der Waals surface area (Å²) < 4.78 is 2.09. The molecular formula is C38H37N5O. The highest BCUT2D eigenvalue weighted by molar-refractivity contribution is 6.03. The molecule has 0 unspecified atom stereocenters. The van der Waals surface area contributed by atoms with Crippen LogP contribution >= 0.6 is 0 Å². The van der Waals surface area contributed by atoms with Gasteiger partial charge >= 0.3 is 0 Å². The SMILES string of the molecule is CCCc1nc(-c2cccc3c2C=CCC3)c(C=O)n1Cc1ccc(-c2ccccc2/C(N)=N/NCc2ccccc2)cc1. The van der Waals surface area contributed by atoms with Crippen LogP contribution in [0.3, 0.4) is 0 Å². The van der Waals surface area contributed by atoms with Gasteiger partial charge in [-0.15, -0.1) is 0 Å². The summed E-state index contributed by atoms with van der Waals surface area (Å²) in [4.78, 5) is 17.6. The van der Waals surface area contributed by atoms with E-state index in [4.69, 9.17) is 10.7 Å². The van der Waals surface area contributed by atoms with Crippen molar-refractivity contribution in [3.8, 4) is 22.4 Å². The van der Waals surface area contributed by atoms with Gasteiger partial charge < -0.3 is 15.7 Å². The van der Waals surface area contributed by atoms with Crippen molar-refractivity contribution in [2.75, 3.05) is 0 Å². The third-order valence-corrected chi connectivity index (χ3v) is 8.12. The highest BCUT2D eigenvalue weighted by atomic mass is 16.1. The number of hydrogen-bond donors (Lipinski definition) is 2. The molecule has 1 aliphatic rings. The van der Waals surface area contributed by atoms with Gasteiger partial charge in [0.2, 0.25) is 0 Å². The monoisotopic (exact) mass is 579 g/mol. The van der Waals surface area contributed by atoms with E-state index in [1.807, 2.05) is 48.5 Å². The van der Waals surface area contributed by atoms with Crippen LogP contribution < -0.4 is 11.2 Å². The molecule has 0 atom stereocenters. The summed E-state index contributed by atoms with van der Waals surface area (Å²) >= 11 is 0. The summed E-state index contributed by atoms with van der Waals surface area (Å²) in [5, 5.41) is 4.45. The van der Waals surface area contributed by atoms with Crippen LogP contribution in [0.25, 0.3) is 28.5 Å². The van der Waals surface area contributed by atoms with E-state index in [1.54, 1.807) is 0 Å². The minimum Gasteiger partial charge on any atom is -0.382 e. The van der Waals surface area contributed by atoms with E-state index in [9.17, 15) is 4.79 Å². The highest BCUT2D eigenvalue weighted by Gasteiger charge is 2.21. The van der Waals surface area contributed by atoms with Gasteiger partial charge in [-0.25, -0.2) is 4.98 Å². The Morgan fingerprint density at radius 2 is 1.70 bits per heavy atom. The van der Waals surface area contributed by atoms with Gasteiger partial charge in [-0.3, -0.25) is 4.79 Å². The number of imidazole rings is 1. The molecule has 0 fully saturated rings. The van der Waals surface area contributed by atoms with Crippen molar-refractivity contribution >= 4 is 18.2 Å². The fourth-order valence-electron chi connectivity index (χ4n) is 5.90. The number of carbonyl (C=O) groups excluding carboxylic acids is 1. The number of aldehydes is 1. The second-order valence-electron chi connectivity index (χ2n) is 11.1. The van der Waals surface area contributed by atoms with E-state index in [2.05, 4.69) is 82.7 Å². The van der Waals surface area contributed by atoms with Crippen molar-refractivity contribution in [3.63, 3.8) is 0 Å². The molecule has 0 aliphatic heterocycles. The number of hydrogen-bond acceptors (Lipinski definition) is 4. The van der Waals surface area contributed by atoms with E-state index in [-0.39, 0.29) is 0 Å². The first-order valence-electron chi connectivity index (χ1n) is 15.3. The number of fused-ring (bicyclic) bond motifs is 1. The molecule has 44 heavy (non-hydrogen) atoms. The van der Waals surface area contributed by atoms with Crippen molar-refractivity contribution in [2.24, 2.45) is 10.8 Å². The predicted octanol–water partition coefficient (Wildman–Crippen LogP) is 7.40. The van der Waals surface area contributed by atoms with Gasteiger partial charge in [-0.2, -0.15) is 5.10 Å². The van der Waals surface area contributed by atoms with Crippen molar-refractivity contribution in [3.05, 3.63) is 142 Å². The van der Waals surface area contributed by atoms with E-state index in [1.165, 1.54) is 11.1 Å². The number of allylic oxidation sites excluding steroid dienone is 1. The number of amidine groups is 1. The second kappa shape index (κ2) is 13.4. The fraction of sp³-hybridized carbons (Fsp3) is 0.184. The lowest BCUT2D eigenvalue weighted by Crippen LogP contribution is -2.19. The first-order valence-corrected chi connectivity index (χ1v) is 15.3. The zero-order chi connectivity index (χ0) is 30.3. The third-order valence-electron chi connectivity index (χ3n) is 8.12. The number of aromatic nitrogens is 2. The van der Waals surface area contributed by atoms with Crippen LogP contribution in [-0.2, 0) is 25.9 Å². The Bertz CT molecular complexity index is 1820. The molecule has 5 aromatic rings. The Hall–Kier alpha value is -5.23. The lowest BCUT2D eigenvalue weighted by Gasteiger charge is -2.14. The maximum Gasteiger partial charge on any atom is 0.168 e. The average molecular weight is 580 g/mol. The zero-order valence-electron chi connectivity index (χ0n) is 25.0. The number of nitrogens with zero attached hydrogens (tertiary/aromatic N) is 3. The van der Waals surface area contributed by atoms with E-state index >= 15 is 0 Å². The minimum atomic E-state index is 0.435. The molecule has 1 aromatic heterocycles. The van der Waals surface area contributed by atoms with Crippen LogP contribution in [0.1, 0.15) is 63.9 Å². The Kier molecular flexibility index (Phi) is 8.78.